The second kappa shape index (κ2) is 12.0. The molecule has 8 aromatic carbocycles. The van der Waals surface area contributed by atoms with Gasteiger partial charge in [-0.1, -0.05) is 133 Å². The van der Waals surface area contributed by atoms with Crippen molar-refractivity contribution >= 4 is 43.7 Å². The number of fused-ring (bicyclic) bond motifs is 6. The minimum atomic E-state index is 0.932. The molecule has 2 heterocycles. The topological polar surface area (TPSA) is 18.1 Å². The molecule has 52 heavy (non-hydrogen) atoms. The van der Waals surface area contributed by atoms with Crippen molar-refractivity contribution in [2.24, 2.45) is 0 Å². The van der Waals surface area contributed by atoms with Gasteiger partial charge in [0.1, 0.15) is 11.2 Å². The van der Waals surface area contributed by atoms with Gasteiger partial charge in [0.05, 0.1) is 11.0 Å². The van der Waals surface area contributed by atoms with Crippen LogP contribution in [0.15, 0.2) is 180 Å². The zero-order valence-electron chi connectivity index (χ0n) is 29.1. The van der Waals surface area contributed by atoms with E-state index < -0.39 is 0 Å². The molecule has 0 unspecified atom stereocenters. The molecule has 10 rings (SSSR count). The van der Waals surface area contributed by atoms with Crippen molar-refractivity contribution in [3.63, 3.8) is 0 Å². The molecule has 0 aliphatic heterocycles. The lowest BCUT2D eigenvalue weighted by Gasteiger charge is -2.13. The molecule has 0 amide bonds. The van der Waals surface area contributed by atoms with E-state index in [0.29, 0.717) is 0 Å². The zero-order valence-corrected chi connectivity index (χ0v) is 29.1. The van der Waals surface area contributed by atoms with Crippen molar-refractivity contribution in [2.45, 2.75) is 13.8 Å². The molecule has 246 valence electrons. The van der Waals surface area contributed by atoms with E-state index in [1.807, 2.05) is 12.1 Å². The summed E-state index contributed by atoms with van der Waals surface area (Å²) in [6, 6.07) is 63.6. The van der Waals surface area contributed by atoms with Gasteiger partial charge in [0.25, 0.3) is 0 Å². The highest BCUT2D eigenvalue weighted by atomic mass is 16.3. The molecule has 10 aromatic rings. The monoisotopic (exact) mass is 665 g/mol. The lowest BCUT2D eigenvalue weighted by atomic mass is 9.91. The summed E-state index contributed by atoms with van der Waals surface area (Å²) in [4.78, 5) is 0. The van der Waals surface area contributed by atoms with E-state index in [1.165, 1.54) is 88.2 Å². The Labute approximate surface area is 302 Å². The van der Waals surface area contributed by atoms with Gasteiger partial charge in [-0.05, 0) is 112 Å². The largest absolute Gasteiger partial charge is 0.456 e. The number of hydrogen-bond acceptors (Lipinski definition) is 1. The van der Waals surface area contributed by atoms with Crippen molar-refractivity contribution in [3.8, 4) is 50.2 Å². The molecule has 0 saturated carbocycles. The fraction of sp³-hybridized carbons (Fsp3) is 0.0400. The minimum absolute atomic E-state index is 0.932. The minimum Gasteiger partial charge on any atom is -0.456 e. The van der Waals surface area contributed by atoms with Crippen molar-refractivity contribution in [3.05, 3.63) is 187 Å². The molecule has 0 aliphatic carbocycles. The smallest absolute Gasteiger partial charge is 0.135 e. The number of aryl methyl sites for hydroxylation is 2. The summed E-state index contributed by atoms with van der Waals surface area (Å²) in [5.74, 6) is 0. The van der Waals surface area contributed by atoms with Gasteiger partial charge in [0, 0.05) is 27.2 Å². The molecule has 0 aliphatic rings. The van der Waals surface area contributed by atoms with Crippen LogP contribution >= 0.6 is 0 Å². The first-order valence-electron chi connectivity index (χ1n) is 17.9. The van der Waals surface area contributed by atoms with E-state index >= 15 is 0 Å². The van der Waals surface area contributed by atoms with E-state index in [-0.39, 0.29) is 0 Å². The molecule has 0 bridgehead atoms. The molecule has 2 nitrogen and oxygen atoms in total. The van der Waals surface area contributed by atoms with Crippen molar-refractivity contribution in [2.75, 3.05) is 0 Å². The molecule has 0 fully saturated rings. The predicted octanol–water partition coefficient (Wildman–Crippen LogP) is 14.0. The Kier molecular flexibility index (Phi) is 6.97. The van der Waals surface area contributed by atoms with Crippen LogP contribution in [0.2, 0.25) is 0 Å². The number of benzene rings is 8. The maximum Gasteiger partial charge on any atom is 0.135 e. The van der Waals surface area contributed by atoms with E-state index in [9.17, 15) is 0 Å². The summed E-state index contributed by atoms with van der Waals surface area (Å²) in [6.07, 6.45) is 0. The van der Waals surface area contributed by atoms with Crippen LogP contribution in [-0.2, 0) is 0 Å². The number of nitrogens with zero attached hydrogens (tertiary/aromatic N) is 1. The Bertz CT molecular complexity index is 2950. The third kappa shape index (κ3) is 4.87. The van der Waals surface area contributed by atoms with E-state index in [1.54, 1.807) is 0 Å². The second-order valence-corrected chi connectivity index (χ2v) is 13.8. The number of rotatable bonds is 5. The third-order valence-corrected chi connectivity index (χ3v) is 10.8. The quantitative estimate of drug-likeness (QED) is 0.179. The Balaban J connectivity index is 1.07. The molecule has 2 heteroatoms. The maximum absolute atomic E-state index is 6.18. The first kappa shape index (κ1) is 30.2. The summed E-state index contributed by atoms with van der Waals surface area (Å²) in [6.45, 7) is 4.44. The zero-order chi connectivity index (χ0) is 34.8. The Hall–Kier alpha value is -6.64. The number of furan rings is 1. The average Bonchev–Trinajstić information content (AvgIpc) is 3.74. The van der Waals surface area contributed by atoms with Crippen LogP contribution in [-0.4, -0.2) is 4.57 Å². The Morgan fingerprint density at radius 3 is 1.77 bits per heavy atom. The molecule has 0 N–H and O–H groups in total. The standard InChI is InChI=1S/C50H35NO/c1-32-29-37(21-24-41(32)42-26-28-49-50(33(42)2)44-15-9-10-16-48(44)52-49)39-22-25-43-45-30-38(36-19-17-35(18-20-36)34-11-5-3-6-12-34)23-27-46(45)51(47(43)31-39)40-13-7-4-8-14-40/h3-31H,1-2H3. The number of hydrogen-bond donors (Lipinski definition) is 0. The SMILES string of the molecule is Cc1cc(-c2ccc3c4cc(-c5ccc(-c6ccccc6)cc5)ccc4n(-c4ccccc4)c3c2)ccc1-c1ccc2oc3ccccc3c2c1C. The number of aromatic nitrogens is 1. The van der Waals surface area contributed by atoms with Crippen LogP contribution in [0.5, 0.6) is 0 Å². The lowest BCUT2D eigenvalue weighted by Crippen LogP contribution is -1.93. The molecular formula is C50H35NO. The fourth-order valence-corrected chi connectivity index (χ4v) is 8.15. The average molecular weight is 666 g/mol. The Morgan fingerprint density at radius 2 is 0.981 bits per heavy atom. The van der Waals surface area contributed by atoms with Gasteiger partial charge in [0.2, 0.25) is 0 Å². The lowest BCUT2D eigenvalue weighted by molar-refractivity contribution is 0.669. The van der Waals surface area contributed by atoms with Crippen LogP contribution in [0, 0.1) is 13.8 Å². The predicted molar refractivity (Wildman–Crippen MR) is 219 cm³/mol. The van der Waals surface area contributed by atoms with Gasteiger partial charge in [-0.3, -0.25) is 0 Å². The van der Waals surface area contributed by atoms with Gasteiger partial charge >= 0.3 is 0 Å². The summed E-state index contributed by atoms with van der Waals surface area (Å²) in [5.41, 5.74) is 17.7. The van der Waals surface area contributed by atoms with E-state index in [2.05, 4.69) is 182 Å². The summed E-state index contributed by atoms with van der Waals surface area (Å²) in [5, 5.41) is 4.86. The van der Waals surface area contributed by atoms with Gasteiger partial charge in [-0.2, -0.15) is 0 Å². The molecule has 0 radical (unpaired) electrons. The Morgan fingerprint density at radius 1 is 0.385 bits per heavy atom. The van der Waals surface area contributed by atoms with Gasteiger partial charge in [0.15, 0.2) is 0 Å². The van der Waals surface area contributed by atoms with Crippen LogP contribution in [0.3, 0.4) is 0 Å². The van der Waals surface area contributed by atoms with Crippen molar-refractivity contribution < 1.29 is 4.42 Å². The molecule has 0 saturated heterocycles. The molecule has 2 aromatic heterocycles. The van der Waals surface area contributed by atoms with Gasteiger partial charge < -0.3 is 8.98 Å². The van der Waals surface area contributed by atoms with Crippen LogP contribution in [0.4, 0.5) is 0 Å². The van der Waals surface area contributed by atoms with Crippen molar-refractivity contribution in [1.82, 2.24) is 4.57 Å². The highest BCUT2D eigenvalue weighted by molar-refractivity contribution is 6.12. The summed E-state index contributed by atoms with van der Waals surface area (Å²) >= 11 is 0. The second-order valence-electron chi connectivity index (χ2n) is 13.8. The molecular weight excluding hydrogens is 631 g/mol. The highest BCUT2D eigenvalue weighted by Crippen LogP contribution is 2.40. The maximum atomic E-state index is 6.18. The third-order valence-electron chi connectivity index (χ3n) is 10.8. The first-order valence-corrected chi connectivity index (χ1v) is 17.9. The van der Waals surface area contributed by atoms with Gasteiger partial charge in [-0.15, -0.1) is 0 Å². The molecule has 0 spiro atoms. The molecule has 0 atom stereocenters. The summed E-state index contributed by atoms with van der Waals surface area (Å²) < 4.78 is 8.58. The first-order chi connectivity index (χ1) is 25.6. The summed E-state index contributed by atoms with van der Waals surface area (Å²) in [7, 11) is 0. The van der Waals surface area contributed by atoms with Crippen LogP contribution < -0.4 is 0 Å². The van der Waals surface area contributed by atoms with Crippen molar-refractivity contribution in [1.29, 1.82) is 0 Å². The highest BCUT2D eigenvalue weighted by Gasteiger charge is 2.17. The van der Waals surface area contributed by atoms with Gasteiger partial charge in [-0.25, -0.2) is 0 Å². The van der Waals surface area contributed by atoms with E-state index in [0.717, 1.165) is 16.9 Å². The van der Waals surface area contributed by atoms with Crippen LogP contribution in [0.25, 0.3) is 93.9 Å². The number of para-hydroxylation sites is 2. The van der Waals surface area contributed by atoms with Crippen LogP contribution in [0.1, 0.15) is 11.1 Å². The van der Waals surface area contributed by atoms with E-state index in [4.69, 9.17) is 4.42 Å². The normalized spacial score (nSPS) is 11.7. The fourth-order valence-electron chi connectivity index (χ4n) is 8.15.